The van der Waals surface area contributed by atoms with Crippen molar-refractivity contribution in [2.75, 3.05) is 19.0 Å². The van der Waals surface area contributed by atoms with Crippen molar-refractivity contribution in [2.24, 2.45) is 5.92 Å². The highest BCUT2D eigenvalue weighted by Gasteiger charge is 2.15. The zero-order chi connectivity index (χ0) is 15.0. The lowest BCUT2D eigenvalue weighted by Crippen LogP contribution is -2.05. The molecule has 0 atom stereocenters. The SMILES string of the molecule is COC(=O)c1nc(NCCCCCCC(C)C)sc1C. The molecule has 0 saturated carbocycles. The van der Waals surface area contributed by atoms with E-state index >= 15 is 0 Å². The molecule has 0 aromatic carbocycles. The van der Waals surface area contributed by atoms with Crippen molar-refractivity contribution < 1.29 is 9.53 Å². The normalized spacial score (nSPS) is 10.8. The van der Waals surface area contributed by atoms with E-state index in [1.54, 1.807) is 0 Å². The van der Waals surface area contributed by atoms with E-state index in [1.165, 1.54) is 44.1 Å². The number of nitrogens with one attached hydrogen (secondary N) is 1. The molecule has 5 heteroatoms. The van der Waals surface area contributed by atoms with Crippen molar-refractivity contribution in [1.82, 2.24) is 4.98 Å². The van der Waals surface area contributed by atoms with Gasteiger partial charge in [0.1, 0.15) is 0 Å². The Kier molecular flexibility index (Phi) is 7.59. The lowest BCUT2D eigenvalue weighted by atomic mass is 10.0. The lowest BCUT2D eigenvalue weighted by Gasteiger charge is -2.05. The average molecular weight is 298 g/mol. The van der Waals surface area contributed by atoms with E-state index < -0.39 is 0 Å². The zero-order valence-electron chi connectivity index (χ0n) is 13.0. The highest BCUT2D eigenvalue weighted by atomic mass is 32.1. The molecule has 1 rings (SSSR count). The van der Waals surface area contributed by atoms with Crippen LogP contribution in [-0.4, -0.2) is 24.6 Å². The van der Waals surface area contributed by atoms with Gasteiger partial charge in [0.15, 0.2) is 10.8 Å². The predicted molar refractivity (Wildman–Crippen MR) is 84.6 cm³/mol. The highest BCUT2D eigenvalue weighted by Crippen LogP contribution is 2.22. The molecule has 20 heavy (non-hydrogen) atoms. The monoisotopic (exact) mass is 298 g/mol. The second kappa shape index (κ2) is 8.95. The summed E-state index contributed by atoms with van der Waals surface area (Å²) in [7, 11) is 1.38. The number of carbonyl (C=O) groups is 1. The quantitative estimate of drug-likeness (QED) is 0.547. The number of aromatic nitrogens is 1. The number of hydrogen-bond donors (Lipinski definition) is 1. The summed E-state index contributed by atoms with van der Waals surface area (Å²) in [5.41, 5.74) is 0.428. The number of thiazole rings is 1. The number of esters is 1. The van der Waals surface area contributed by atoms with Crippen LogP contribution in [0.5, 0.6) is 0 Å². The minimum atomic E-state index is -0.361. The van der Waals surface area contributed by atoms with Gasteiger partial charge in [0.2, 0.25) is 0 Å². The molecule has 0 aliphatic carbocycles. The van der Waals surface area contributed by atoms with Crippen LogP contribution in [0.15, 0.2) is 0 Å². The van der Waals surface area contributed by atoms with Crippen LogP contribution in [-0.2, 0) is 4.74 Å². The van der Waals surface area contributed by atoms with Gasteiger partial charge >= 0.3 is 5.97 Å². The topological polar surface area (TPSA) is 51.2 Å². The molecule has 114 valence electrons. The molecule has 0 unspecified atom stereocenters. The molecule has 0 radical (unpaired) electrons. The summed E-state index contributed by atoms with van der Waals surface area (Å²) >= 11 is 1.51. The number of anilines is 1. The number of ether oxygens (including phenoxy) is 1. The van der Waals surface area contributed by atoms with Gasteiger partial charge in [-0.25, -0.2) is 9.78 Å². The molecule has 1 N–H and O–H groups in total. The first-order valence-electron chi connectivity index (χ1n) is 7.34. The first kappa shape index (κ1) is 17.0. The third-order valence-corrected chi connectivity index (χ3v) is 4.09. The molecule has 0 spiro atoms. The first-order chi connectivity index (χ1) is 9.54. The second-order valence-corrected chi connectivity index (χ2v) is 6.64. The average Bonchev–Trinajstić information content (AvgIpc) is 2.77. The van der Waals surface area contributed by atoms with Gasteiger partial charge in [-0.05, 0) is 19.3 Å². The van der Waals surface area contributed by atoms with Gasteiger partial charge in [-0.2, -0.15) is 0 Å². The van der Waals surface area contributed by atoms with Gasteiger partial charge in [-0.3, -0.25) is 0 Å². The Morgan fingerprint density at radius 2 is 2.00 bits per heavy atom. The summed E-state index contributed by atoms with van der Waals surface area (Å²) < 4.78 is 4.70. The first-order valence-corrected chi connectivity index (χ1v) is 8.15. The number of aryl methyl sites for hydroxylation is 1. The summed E-state index contributed by atoms with van der Waals surface area (Å²) in [6, 6.07) is 0. The van der Waals surface area contributed by atoms with E-state index in [-0.39, 0.29) is 5.97 Å². The Morgan fingerprint density at radius 1 is 1.30 bits per heavy atom. The van der Waals surface area contributed by atoms with Gasteiger partial charge < -0.3 is 10.1 Å². The molecule has 0 bridgehead atoms. The van der Waals surface area contributed by atoms with Crippen LogP contribution in [0.1, 0.15) is 61.3 Å². The maximum Gasteiger partial charge on any atom is 0.357 e. The van der Waals surface area contributed by atoms with Gasteiger partial charge in [0.25, 0.3) is 0 Å². The van der Waals surface area contributed by atoms with E-state index in [0.717, 1.165) is 28.9 Å². The van der Waals surface area contributed by atoms with E-state index in [9.17, 15) is 4.79 Å². The third kappa shape index (κ3) is 5.90. The number of unbranched alkanes of at least 4 members (excludes halogenated alkanes) is 3. The van der Waals surface area contributed by atoms with E-state index in [1.807, 2.05) is 6.92 Å². The van der Waals surface area contributed by atoms with Crippen LogP contribution < -0.4 is 5.32 Å². The molecule has 0 amide bonds. The summed E-state index contributed by atoms with van der Waals surface area (Å²) in [4.78, 5) is 16.6. The zero-order valence-corrected chi connectivity index (χ0v) is 13.8. The number of nitrogens with zero attached hydrogens (tertiary/aromatic N) is 1. The fraction of sp³-hybridized carbons (Fsp3) is 0.733. The smallest absolute Gasteiger partial charge is 0.357 e. The fourth-order valence-electron chi connectivity index (χ4n) is 1.98. The molecule has 1 heterocycles. The van der Waals surface area contributed by atoms with Crippen molar-refractivity contribution in [3.8, 4) is 0 Å². The Morgan fingerprint density at radius 3 is 2.65 bits per heavy atom. The Hall–Kier alpha value is -1.10. The molecular weight excluding hydrogens is 272 g/mol. The van der Waals surface area contributed by atoms with Gasteiger partial charge in [-0.15, -0.1) is 11.3 Å². The number of carbonyl (C=O) groups excluding carboxylic acids is 1. The Balaban J connectivity index is 2.21. The lowest BCUT2D eigenvalue weighted by molar-refractivity contribution is 0.0594. The fourth-order valence-corrected chi connectivity index (χ4v) is 2.81. The van der Waals surface area contributed by atoms with Crippen LogP contribution in [0.2, 0.25) is 0 Å². The number of rotatable bonds is 9. The molecular formula is C15H26N2O2S. The minimum absolute atomic E-state index is 0.361. The molecule has 1 aromatic rings. The highest BCUT2D eigenvalue weighted by molar-refractivity contribution is 7.15. The largest absolute Gasteiger partial charge is 0.464 e. The van der Waals surface area contributed by atoms with Gasteiger partial charge in [0.05, 0.1) is 7.11 Å². The third-order valence-electron chi connectivity index (χ3n) is 3.16. The molecule has 1 aromatic heterocycles. The van der Waals surface area contributed by atoms with Crippen molar-refractivity contribution in [1.29, 1.82) is 0 Å². The van der Waals surface area contributed by atoms with Gasteiger partial charge in [0, 0.05) is 11.4 Å². The minimum Gasteiger partial charge on any atom is -0.464 e. The molecule has 0 fully saturated rings. The van der Waals surface area contributed by atoms with Crippen LogP contribution in [0.4, 0.5) is 5.13 Å². The molecule has 0 aliphatic heterocycles. The van der Waals surface area contributed by atoms with Crippen molar-refractivity contribution in [3.63, 3.8) is 0 Å². The number of methoxy groups -OCH3 is 1. The van der Waals surface area contributed by atoms with Crippen molar-refractivity contribution >= 4 is 22.4 Å². The maximum atomic E-state index is 11.4. The van der Waals surface area contributed by atoms with Crippen LogP contribution in [0.3, 0.4) is 0 Å². The predicted octanol–water partition coefficient (Wildman–Crippen LogP) is 4.26. The van der Waals surface area contributed by atoms with Crippen molar-refractivity contribution in [2.45, 2.75) is 52.9 Å². The van der Waals surface area contributed by atoms with E-state index in [4.69, 9.17) is 4.74 Å². The van der Waals surface area contributed by atoms with Crippen LogP contribution in [0, 0.1) is 12.8 Å². The molecule has 4 nitrogen and oxygen atoms in total. The number of hydrogen-bond acceptors (Lipinski definition) is 5. The molecule has 0 aliphatic rings. The summed E-state index contributed by atoms with van der Waals surface area (Å²) in [6.07, 6.45) is 6.32. The van der Waals surface area contributed by atoms with E-state index in [0.29, 0.717) is 5.69 Å². The van der Waals surface area contributed by atoms with E-state index in [2.05, 4.69) is 24.1 Å². The summed E-state index contributed by atoms with van der Waals surface area (Å²) in [5.74, 6) is 0.448. The Bertz CT molecular complexity index is 416. The van der Waals surface area contributed by atoms with Gasteiger partial charge in [-0.1, -0.05) is 39.5 Å². The summed E-state index contributed by atoms with van der Waals surface area (Å²) in [6.45, 7) is 7.34. The summed E-state index contributed by atoms with van der Waals surface area (Å²) in [5, 5.41) is 4.09. The maximum absolute atomic E-state index is 11.4. The van der Waals surface area contributed by atoms with Crippen LogP contribution in [0.25, 0.3) is 0 Å². The van der Waals surface area contributed by atoms with Crippen molar-refractivity contribution in [3.05, 3.63) is 10.6 Å². The molecule has 0 saturated heterocycles. The standard InChI is InChI=1S/C15H26N2O2S/c1-11(2)9-7-5-6-8-10-16-15-17-13(12(3)20-15)14(18)19-4/h11H,5-10H2,1-4H3,(H,16,17). The Labute approximate surface area is 125 Å². The second-order valence-electron chi connectivity index (χ2n) is 5.44. The van der Waals surface area contributed by atoms with Crippen LogP contribution >= 0.6 is 11.3 Å².